The molecule has 0 aliphatic carbocycles. The van der Waals surface area contributed by atoms with Crippen LogP contribution in [-0.4, -0.2) is 26.6 Å². The number of hydrogen-bond acceptors (Lipinski definition) is 6. The molecule has 0 atom stereocenters. The molecule has 3 aromatic carbocycles. The molecule has 5 aromatic rings. The molecule has 0 aliphatic heterocycles. The first-order chi connectivity index (χ1) is 16.0. The maximum atomic E-state index is 13.4. The maximum Gasteiger partial charge on any atom is 0.266 e. The minimum atomic E-state index is -0.246. The van der Waals surface area contributed by atoms with E-state index in [0.29, 0.717) is 55.0 Å². The SMILES string of the molecule is COc1cccc(-n2c(SCc3nc4cc(Cl)ccc4c(=O)[nH]3)nc3ccccc3c2=O)c1. The number of nitrogens with zero attached hydrogens (tertiary/aromatic N) is 3. The quantitative estimate of drug-likeness (QED) is 0.295. The number of ether oxygens (including phenoxy) is 1. The highest BCUT2D eigenvalue weighted by Gasteiger charge is 2.15. The van der Waals surface area contributed by atoms with Gasteiger partial charge < -0.3 is 9.72 Å². The summed E-state index contributed by atoms with van der Waals surface area (Å²) in [6, 6.07) is 19.4. The van der Waals surface area contributed by atoms with Gasteiger partial charge in [0, 0.05) is 11.1 Å². The van der Waals surface area contributed by atoms with Crippen LogP contribution in [0.5, 0.6) is 5.75 Å². The summed E-state index contributed by atoms with van der Waals surface area (Å²) in [7, 11) is 1.57. The summed E-state index contributed by atoms with van der Waals surface area (Å²) in [5.74, 6) is 1.38. The molecule has 2 aromatic heterocycles. The van der Waals surface area contributed by atoms with E-state index in [-0.39, 0.29) is 11.1 Å². The van der Waals surface area contributed by atoms with Gasteiger partial charge in [-0.15, -0.1) is 0 Å². The van der Waals surface area contributed by atoms with Gasteiger partial charge in [0.05, 0.1) is 40.4 Å². The number of hydrogen-bond donors (Lipinski definition) is 1. The number of fused-ring (bicyclic) bond motifs is 2. The molecule has 0 radical (unpaired) electrons. The number of methoxy groups -OCH3 is 1. The molecule has 0 bridgehead atoms. The minimum Gasteiger partial charge on any atom is -0.497 e. The summed E-state index contributed by atoms with van der Waals surface area (Å²) in [6.07, 6.45) is 0. The fourth-order valence-electron chi connectivity index (χ4n) is 3.55. The number of aromatic amines is 1. The number of H-pyrrole nitrogens is 1. The molecule has 0 saturated heterocycles. The predicted octanol–water partition coefficient (Wildman–Crippen LogP) is 4.58. The fourth-order valence-corrected chi connectivity index (χ4v) is 4.60. The van der Waals surface area contributed by atoms with E-state index in [2.05, 4.69) is 9.97 Å². The molecular formula is C24H17ClN4O3S. The van der Waals surface area contributed by atoms with E-state index >= 15 is 0 Å². The van der Waals surface area contributed by atoms with E-state index in [0.717, 1.165) is 0 Å². The van der Waals surface area contributed by atoms with E-state index in [1.54, 1.807) is 48.1 Å². The summed E-state index contributed by atoms with van der Waals surface area (Å²) >= 11 is 7.37. The van der Waals surface area contributed by atoms with E-state index in [4.69, 9.17) is 21.3 Å². The van der Waals surface area contributed by atoms with E-state index in [9.17, 15) is 9.59 Å². The average molecular weight is 477 g/mol. The van der Waals surface area contributed by atoms with Gasteiger partial charge >= 0.3 is 0 Å². The molecule has 0 unspecified atom stereocenters. The highest BCUT2D eigenvalue weighted by molar-refractivity contribution is 7.98. The first-order valence-electron chi connectivity index (χ1n) is 10.0. The Morgan fingerprint density at radius 1 is 0.970 bits per heavy atom. The Labute approximate surface area is 197 Å². The first-order valence-corrected chi connectivity index (χ1v) is 11.4. The Bertz CT molecular complexity index is 1630. The normalized spacial score (nSPS) is 11.2. The Hall–Kier alpha value is -3.62. The highest BCUT2D eigenvalue weighted by atomic mass is 35.5. The number of rotatable bonds is 5. The van der Waals surface area contributed by atoms with E-state index in [1.807, 2.05) is 30.3 Å². The molecule has 5 rings (SSSR count). The van der Waals surface area contributed by atoms with Crippen molar-refractivity contribution in [1.82, 2.24) is 19.5 Å². The average Bonchev–Trinajstić information content (AvgIpc) is 2.82. The minimum absolute atomic E-state index is 0.192. The van der Waals surface area contributed by atoms with Gasteiger partial charge in [0.25, 0.3) is 11.1 Å². The molecule has 0 saturated carbocycles. The summed E-state index contributed by atoms with van der Waals surface area (Å²) in [4.78, 5) is 37.9. The Balaban J connectivity index is 1.61. The van der Waals surface area contributed by atoms with Crippen molar-refractivity contribution in [2.24, 2.45) is 0 Å². The number of halogens is 1. The molecular weight excluding hydrogens is 460 g/mol. The van der Waals surface area contributed by atoms with Gasteiger partial charge in [-0.25, -0.2) is 9.97 Å². The summed E-state index contributed by atoms with van der Waals surface area (Å²) < 4.78 is 6.88. The number of thioether (sulfide) groups is 1. The predicted molar refractivity (Wildman–Crippen MR) is 131 cm³/mol. The van der Waals surface area contributed by atoms with Crippen molar-refractivity contribution in [2.45, 2.75) is 10.9 Å². The fraction of sp³-hybridized carbons (Fsp3) is 0.0833. The van der Waals surface area contributed by atoms with Crippen molar-refractivity contribution in [3.63, 3.8) is 0 Å². The van der Waals surface area contributed by atoms with Crippen molar-refractivity contribution in [2.75, 3.05) is 7.11 Å². The number of benzene rings is 3. The lowest BCUT2D eigenvalue weighted by Gasteiger charge is -2.14. The lowest BCUT2D eigenvalue weighted by molar-refractivity contribution is 0.414. The van der Waals surface area contributed by atoms with Crippen LogP contribution >= 0.6 is 23.4 Å². The zero-order valence-corrected chi connectivity index (χ0v) is 19.0. The molecule has 9 heteroatoms. The monoisotopic (exact) mass is 476 g/mol. The van der Waals surface area contributed by atoms with Gasteiger partial charge in [-0.1, -0.05) is 41.6 Å². The van der Waals surface area contributed by atoms with Crippen molar-refractivity contribution in [3.05, 3.63) is 98.3 Å². The number of aromatic nitrogens is 4. The van der Waals surface area contributed by atoms with Crippen molar-refractivity contribution in [3.8, 4) is 11.4 Å². The molecule has 7 nitrogen and oxygen atoms in total. The third-order valence-electron chi connectivity index (χ3n) is 5.11. The molecule has 0 spiro atoms. The Morgan fingerprint density at radius 3 is 2.67 bits per heavy atom. The van der Waals surface area contributed by atoms with Crippen LogP contribution in [0, 0.1) is 0 Å². The second-order valence-electron chi connectivity index (χ2n) is 7.22. The van der Waals surface area contributed by atoms with Crippen LogP contribution in [0.1, 0.15) is 5.82 Å². The van der Waals surface area contributed by atoms with E-state index < -0.39 is 0 Å². The van der Waals surface area contributed by atoms with Crippen molar-refractivity contribution in [1.29, 1.82) is 0 Å². The highest BCUT2D eigenvalue weighted by Crippen LogP contribution is 2.25. The van der Waals surface area contributed by atoms with Gasteiger partial charge in [-0.2, -0.15) is 0 Å². The molecule has 0 amide bonds. The summed E-state index contributed by atoms with van der Waals surface area (Å²) in [5, 5.41) is 1.95. The Morgan fingerprint density at radius 2 is 1.82 bits per heavy atom. The van der Waals surface area contributed by atoms with Crippen molar-refractivity contribution >= 4 is 45.2 Å². The molecule has 1 N–H and O–H groups in total. The summed E-state index contributed by atoms with van der Waals surface area (Å²) in [5.41, 5.74) is 1.30. The first kappa shape index (κ1) is 21.2. The van der Waals surface area contributed by atoms with Crippen LogP contribution in [0.15, 0.2) is 81.5 Å². The third-order valence-corrected chi connectivity index (χ3v) is 6.30. The second-order valence-corrected chi connectivity index (χ2v) is 8.60. The van der Waals surface area contributed by atoms with Crippen LogP contribution in [0.4, 0.5) is 0 Å². The zero-order valence-electron chi connectivity index (χ0n) is 17.4. The second kappa shape index (κ2) is 8.73. The largest absolute Gasteiger partial charge is 0.497 e. The zero-order chi connectivity index (χ0) is 22.9. The van der Waals surface area contributed by atoms with Crippen LogP contribution in [0.2, 0.25) is 5.02 Å². The summed E-state index contributed by atoms with van der Waals surface area (Å²) in [6.45, 7) is 0. The van der Waals surface area contributed by atoms with Crippen molar-refractivity contribution < 1.29 is 4.74 Å². The maximum absolute atomic E-state index is 13.4. The molecule has 0 fully saturated rings. The van der Waals surface area contributed by atoms with Gasteiger partial charge in [0.2, 0.25) is 0 Å². The van der Waals surface area contributed by atoms with Crippen LogP contribution in [0.25, 0.3) is 27.5 Å². The van der Waals surface area contributed by atoms with Crippen LogP contribution < -0.4 is 15.9 Å². The van der Waals surface area contributed by atoms with Crippen LogP contribution in [0.3, 0.4) is 0 Å². The van der Waals surface area contributed by atoms with Gasteiger partial charge in [-0.3, -0.25) is 14.2 Å². The lowest BCUT2D eigenvalue weighted by Crippen LogP contribution is -2.22. The Kier molecular flexibility index (Phi) is 5.62. The number of nitrogens with one attached hydrogen (secondary N) is 1. The lowest BCUT2D eigenvalue weighted by atomic mass is 10.2. The third kappa shape index (κ3) is 4.10. The molecule has 164 valence electrons. The molecule has 33 heavy (non-hydrogen) atoms. The van der Waals surface area contributed by atoms with Gasteiger partial charge in [0.1, 0.15) is 11.6 Å². The van der Waals surface area contributed by atoms with Gasteiger partial charge in [-0.05, 0) is 42.5 Å². The number of para-hydroxylation sites is 1. The van der Waals surface area contributed by atoms with E-state index in [1.165, 1.54) is 11.8 Å². The van der Waals surface area contributed by atoms with Crippen LogP contribution in [-0.2, 0) is 5.75 Å². The molecule has 2 heterocycles. The van der Waals surface area contributed by atoms with Gasteiger partial charge in [0.15, 0.2) is 5.16 Å². The standard InChI is InChI=1S/C24H17ClN4O3S/c1-32-16-6-4-5-15(12-16)29-23(31)18-7-2-3-8-19(18)27-24(29)33-13-21-26-20-11-14(25)9-10-17(20)22(30)28-21/h2-12H,13H2,1H3,(H,26,28,30). The topological polar surface area (TPSA) is 89.9 Å². The smallest absolute Gasteiger partial charge is 0.266 e. The molecule has 0 aliphatic rings.